The van der Waals surface area contributed by atoms with Gasteiger partial charge in [0.15, 0.2) is 0 Å². The molecule has 90 valence electrons. The maximum Gasteiger partial charge on any atom is 0.354 e. The quantitative estimate of drug-likeness (QED) is 0.798. The van der Waals surface area contributed by atoms with E-state index in [4.69, 9.17) is 5.11 Å². The summed E-state index contributed by atoms with van der Waals surface area (Å²) >= 11 is 1.70. The van der Waals surface area contributed by atoms with Crippen molar-refractivity contribution in [1.29, 1.82) is 0 Å². The molecule has 1 aliphatic heterocycles. The van der Waals surface area contributed by atoms with Crippen LogP contribution in [0.3, 0.4) is 0 Å². The van der Waals surface area contributed by atoms with Gasteiger partial charge in [0.1, 0.15) is 5.69 Å². The summed E-state index contributed by atoms with van der Waals surface area (Å²) in [4.78, 5) is 28.0. The van der Waals surface area contributed by atoms with Crippen molar-refractivity contribution in [2.75, 3.05) is 11.4 Å². The van der Waals surface area contributed by atoms with Gasteiger partial charge in [0.05, 0.1) is 10.6 Å². The molecule has 0 saturated heterocycles. The summed E-state index contributed by atoms with van der Waals surface area (Å²) in [6.07, 6.45) is 3.88. The normalized spacial score (nSPS) is 20.2. The van der Waals surface area contributed by atoms with Gasteiger partial charge in [-0.1, -0.05) is 0 Å². The van der Waals surface area contributed by atoms with Gasteiger partial charge < -0.3 is 15.0 Å². The van der Waals surface area contributed by atoms with Gasteiger partial charge >= 0.3 is 5.97 Å². The number of nitrogens with zero attached hydrogens (tertiary/aromatic N) is 1. The second-order valence-corrected chi connectivity index (χ2v) is 6.08. The maximum atomic E-state index is 11.7. The van der Waals surface area contributed by atoms with Gasteiger partial charge in [-0.25, -0.2) is 4.79 Å². The van der Waals surface area contributed by atoms with Crippen LogP contribution in [0.1, 0.15) is 30.3 Å². The molecule has 5 nitrogen and oxygen atoms in total. The number of carboxylic acid groups (broad SMARTS) is 1. The number of aromatic carboxylic acids is 1. The van der Waals surface area contributed by atoms with Gasteiger partial charge in [0, 0.05) is 24.4 Å². The number of hydrogen-bond acceptors (Lipinski definition) is 3. The molecule has 17 heavy (non-hydrogen) atoms. The number of H-pyrrole nitrogens is 1. The highest BCUT2D eigenvalue weighted by Gasteiger charge is 2.50. The highest BCUT2D eigenvalue weighted by atomic mass is 32.2. The van der Waals surface area contributed by atoms with E-state index in [1.54, 1.807) is 22.9 Å². The first-order valence-electron chi connectivity index (χ1n) is 5.44. The molecule has 0 atom stereocenters. The SMILES string of the molecule is CC(=O)N1CC2(CC2)Sc2c[nH]c(C(=O)O)c21. The van der Waals surface area contributed by atoms with Crippen molar-refractivity contribution < 1.29 is 14.7 Å². The van der Waals surface area contributed by atoms with E-state index in [2.05, 4.69) is 4.98 Å². The lowest BCUT2D eigenvalue weighted by Crippen LogP contribution is -2.39. The molecule has 1 aromatic rings. The number of carbonyl (C=O) groups excluding carboxylic acids is 1. The third-order valence-corrected chi connectivity index (χ3v) is 4.76. The van der Waals surface area contributed by atoms with Crippen LogP contribution in [0.15, 0.2) is 11.1 Å². The number of rotatable bonds is 1. The summed E-state index contributed by atoms with van der Waals surface area (Å²) < 4.78 is 0.136. The number of hydrogen-bond donors (Lipinski definition) is 2. The lowest BCUT2D eigenvalue weighted by molar-refractivity contribution is -0.116. The molecule has 1 aliphatic carbocycles. The first-order chi connectivity index (χ1) is 8.02. The van der Waals surface area contributed by atoms with Crippen LogP contribution in [0.4, 0.5) is 5.69 Å². The monoisotopic (exact) mass is 252 g/mol. The molecule has 2 N–H and O–H groups in total. The van der Waals surface area contributed by atoms with Gasteiger partial charge in [0.25, 0.3) is 0 Å². The predicted molar refractivity (Wildman–Crippen MR) is 63.6 cm³/mol. The van der Waals surface area contributed by atoms with E-state index in [-0.39, 0.29) is 16.3 Å². The van der Waals surface area contributed by atoms with Crippen LogP contribution in [0, 0.1) is 0 Å². The van der Waals surface area contributed by atoms with Crippen LogP contribution >= 0.6 is 11.8 Å². The van der Waals surface area contributed by atoms with Crippen LogP contribution in [0.25, 0.3) is 0 Å². The number of amides is 1. The molecule has 6 heteroatoms. The third-order valence-electron chi connectivity index (χ3n) is 3.26. The minimum atomic E-state index is -1.02. The molecule has 2 heterocycles. The molecule has 0 unspecified atom stereocenters. The van der Waals surface area contributed by atoms with Crippen molar-refractivity contribution in [1.82, 2.24) is 4.98 Å². The Morgan fingerprint density at radius 2 is 2.24 bits per heavy atom. The van der Waals surface area contributed by atoms with E-state index in [9.17, 15) is 9.59 Å². The topological polar surface area (TPSA) is 73.4 Å². The number of carboxylic acids is 1. The van der Waals surface area contributed by atoms with Gasteiger partial charge in [-0.3, -0.25) is 4.79 Å². The molecule has 0 aromatic carbocycles. The molecule has 1 fully saturated rings. The second-order valence-electron chi connectivity index (χ2n) is 4.57. The summed E-state index contributed by atoms with van der Waals surface area (Å²) in [5.74, 6) is -1.12. The summed E-state index contributed by atoms with van der Waals surface area (Å²) in [7, 11) is 0. The van der Waals surface area contributed by atoms with Gasteiger partial charge in [-0.2, -0.15) is 0 Å². The average molecular weight is 252 g/mol. The number of aromatic amines is 1. The van der Waals surface area contributed by atoms with Crippen molar-refractivity contribution in [3.05, 3.63) is 11.9 Å². The van der Waals surface area contributed by atoms with E-state index in [1.165, 1.54) is 6.92 Å². The highest BCUT2D eigenvalue weighted by molar-refractivity contribution is 8.01. The third kappa shape index (κ3) is 1.55. The number of thioether (sulfide) groups is 1. The van der Waals surface area contributed by atoms with E-state index < -0.39 is 5.97 Å². The molecule has 1 amide bonds. The smallest absolute Gasteiger partial charge is 0.354 e. The Kier molecular flexibility index (Phi) is 2.07. The van der Waals surface area contributed by atoms with Crippen LogP contribution in [0.2, 0.25) is 0 Å². The number of anilines is 1. The lowest BCUT2D eigenvalue weighted by atomic mass is 10.2. The number of nitrogens with one attached hydrogen (secondary N) is 1. The zero-order chi connectivity index (χ0) is 12.2. The molecule has 1 spiro atoms. The summed E-state index contributed by atoms with van der Waals surface area (Å²) in [5, 5.41) is 9.10. The Bertz CT molecular complexity index is 519. The second kappa shape index (κ2) is 3.29. The van der Waals surface area contributed by atoms with Crippen molar-refractivity contribution in [2.45, 2.75) is 29.4 Å². The van der Waals surface area contributed by atoms with E-state index in [1.807, 2.05) is 0 Å². The minimum Gasteiger partial charge on any atom is -0.477 e. The largest absolute Gasteiger partial charge is 0.477 e. The number of fused-ring (bicyclic) bond motifs is 1. The zero-order valence-corrected chi connectivity index (χ0v) is 10.1. The van der Waals surface area contributed by atoms with Crippen LogP contribution in [0.5, 0.6) is 0 Å². The first kappa shape index (κ1) is 10.7. The van der Waals surface area contributed by atoms with Gasteiger partial charge in [-0.05, 0) is 12.8 Å². The fraction of sp³-hybridized carbons (Fsp3) is 0.455. The van der Waals surface area contributed by atoms with Crippen LogP contribution in [-0.4, -0.2) is 33.3 Å². The van der Waals surface area contributed by atoms with E-state index >= 15 is 0 Å². The molecule has 2 aliphatic rings. The Morgan fingerprint density at radius 1 is 1.53 bits per heavy atom. The fourth-order valence-electron chi connectivity index (χ4n) is 2.21. The summed E-state index contributed by atoms with van der Waals surface area (Å²) in [6.45, 7) is 2.10. The van der Waals surface area contributed by atoms with Crippen molar-refractivity contribution in [3.8, 4) is 0 Å². The molecule has 3 rings (SSSR count). The van der Waals surface area contributed by atoms with Crippen molar-refractivity contribution >= 4 is 29.3 Å². The maximum absolute atomic E-state index is 11.7. The first-order valence-corrected chi connectivity index (χ1v) is 6.26. The zero-order valence-electron chi connectivity index (χ0n) is 9.32. The molecular weight excluding hydrogens is 240 g/mol. The standard InChI is InChI=1S/C11H12N2O3S/c1-6(14)13-5-11(2-3-11)17-7-4-12-8(9(7)13)10(15)16/h4,12H,2-3,5H2,1H3,(H,15,16). The van der Waals surface area contributed by atoms with Crippen molar-refractivity contribution in [3.63, 3.8) is 0 Å². The summed E-state index contributed by atoms with van der Waals surface area (Å²) in [5.41, 5.74) is 0.644. The Hall–Kier alpha value is -1.43. The Morgan fingerprint density at radius 3 is 2.76 bits per heavy atom. The Balaban J connectivity index is 2.11. The lowest BCUT2D eigenvalue weighted by Gasteiger charge is -2.32. The molecule has 0 radical (unpaired) electrons. The summed E-state index contributed by atoms with van der Waals surface area (Å²) in [6, 6.07) is 0. The van der Waals surface area contributed by atoms with E-state index in [0.717, 1.165) is 17.7 Å². The molecule has 0 bridgehead atoms. The molecule has 1 aromatic heterocycles. The van der Waals surface area contributed by atoms with Crippen LogP contribution in [-0.2, 0) is 4.79 Å². The highest BCUT2D eigenvalue weighted by Crippen LogP contribution is 2.58. The fourth-order valence-corrected chi connectivity index (χ4v) is 3.60. The minimum absolute atomic E-state index is 0.0973. The van der Waals surface area contributed by atoms with Gasteiger partial charge in [-0.15, -0.1) is 11.8 Å². The average Bonchev–Trinajstić information content (AvgIpc) is 2.86. The predicted octanol–water partition coefficient (Wildman–Crippen LogP) is 1.70. The van der Waals surface area contributed by atoms with Crippen LogP contribution < -0.4 is 4.90 Å². The number of aromatic nitrogens is 1. The van der Waals surface area contributed by atoms with Crippen molar-refractivity contribution in [2.24, 2.45) is 0 Å². The van der Waals surface area contributed by atoms with Gasteiger partial charge in [0.2, 0.25) is 5.91 Å². The Labute approximate surface area is 102 Å². The molecular formula is C11H12N2O3S. The van der Waals surface area contributed by atoms with E-state index in [0.29, 0.717) is 12.2 Å². The number of carbonyl (C=O) groups is 2. The molecule has 1 saturated carbocycles.